The van der Waals surface area contributed by atoms with E-state index in [4.69, 9.17) is 18.0 Å². The van der Waals surface area contributed by atoms with E-state index >= 15 is 0 Å². The molecule has 0 bridgehead atoms. The molecule has 0 fully saturated rings. The van der Waals surface area contributed by atoms with Crippen LogP contribution in [0.2, 0.25) is 0 Å². The molecule has 0 aliphatic carbocycles. The molecule has 0 saturated carbocycles. The van der Waals surface area contributed by atoms with Crippen molar-refractivity contribution in [2.45, 2.75) is 107 Å². The summed E-state index contributed by atoms with van der Waals surface area (Å²) in [7, 11) is 0. The molecular formula is C40H58F2N10O2S. The molecule has 0 saturated heterocycles. The molecule has 2 aromatic heterocycles. The molecule has 2 heterocycles. The summed E-state index contributed by atoms with van der Waals surface area (Å²) in [5.74, 6) is 0.469. The normalized spacial score (nSPS) is 12.0. The molecule has 0 aliphatic rings. The zero-order valence-corrected chi connectivity index (χ0v) is 34.9. The zero-order chi connectivity index (χ0) is 41.8. The van der Waals surface area contributed by atoms with Crippen LogP contribution >= 0.6 is 12.2 Å². The van der Waals surface area contributed by atoms with Gasteiger partial charge in [-0.25, -0.2) is 13.8 Å². The van der Waals surface area contributed by atoms with Crippen LogP contribution < -0.4 is 27.0 Å². The summed E-state index contributed by atoms with van der Waals surface area (Å²) in [5.41, 5.74) is 7.80. The third-order valence-corrected chi connectivity index (χ3v) is 6.50. The lowest BCUT2D eigenvalue weighted by atomic mass is 9.92. The van der Waals surface area contributed by atoms with Crippen LogP contribution in [-0.4, -0.2) is 54.4 Å². The third-order valence-electron chi connectivity index (χ3n) is 6.29. The Labute approximate surface area is 329 Å². The minimum Gasteiger partial charge on any atom is -0.326 e. The number of benzene rings is 2. The second-order valence-electron chi connectivity index (χ2n) is 17.5. The average Bonchev–Trinajstić information content (AvgIpc) is 3.64. The molecule has 0 radical (unpaired) electrons. The third kappa shape index (κ3) is 20.9. The van der Waals surface area contributed by atoms with Crippen LogP contribution in [-0.2, 0) is 9.59 Å². The number of nitrogens with two attached hydrogens (primary N) is 1. The van der Waals surface area contributed by atoms with Gasteiger partial charge in [0.1, 0.15) is 11.6 Å². The van der Waals surface area contributed by atoms with E-state index in [1.165, 1.54) is 24.3 Å². The molecule has 300 valence electrons. The van der Waals surface area contributed by atoms with Crippen LogP contribution in [0.25, 0.3) is 22.5 Å². The Kier molecular flexibility index (Phi) is 16.4. The van der Waals surface area contributed by atoms with Crippen molar-refractivity contribution in [3.05, 3.63) is 72.3 Å². The Balaban J connectivity index is 0.000000342. The van der Waals surface area contributed by atoms with Crippen molar-refractivity contribution in [3.63, 3.8) is 0 Å². The highest BCUT2D eigenvalue weighted by molar-refractivity contribution is 7.80. The van der Waals surface area contributed by atoms with Gasteiger partial charge in [0.2, 0.25) is 17.8 Å². The van der Waals surface area contributed by atoms with Crippen LogP contribution in [0.3, 0.4) is 0 Å². The standard InChI is InChI=1S/C20H28FN5O.C16H19FN4OS.C4H11N/c1-19(2,3)12-17(27)23-18(24-20(4,5)6)22-16-11-15(25-26-16)13-7-9-14(21)10-8-13;1-16(2,3)9-14(22)19-15(23)18-13-8-12(20-21-13)10-4-6-11(17)7-5-10;1-4(2,3)5/h7-11H,12H2,1-6H3,(H3,22,23,24,25,26,27);4-8H,9H2,1-3H3,(H3,18,19,20,21,22,23);5H2,1-3H3. The number of aromatic amines is 2. The number of hydrogen-bond acceptors (Lipinski definition) is 7. The minimum absolute atomic E-state index is 0. The number of nitrogens with one attached hydrogen (secondary N) is 6. The maximum Gasteiger partial charge on any atom is 0.227 e. The Morgan fingerprint density at radius 3 is 1.40 bits per heavy atom. The first-order chi connectivity index (χ1) is 25.1. The number of aromatic nitrogens is 4. The summed E-state index contributed by atoms with van der Waals surface area (Å²) in [4.78, 5) is 28.7. The number of guanidine groups is 1. The molecule has 0 spiro atoms. The fourth-order valence-electron chi connectivity index (χ4n) is 4.33. The van der Waals surface area contributed by atoms with E-state index in [1.807, 2.05) is 83.1 Å². The lowest BCUT2D eigenvalue weighted by Crippen LogP contribution is -2.39. The number of nitrogens with zero attached hydrogens (tertiary/aromatic N) is 3. The number of carbonyl (C=O) groups is 2. The van der Waals surface area contributed by atoms with Crippen molar-refractivity contribution in [1.29, 1.82) is 0 Å². The fraction of sp³-hybridized carbons (Fsp3) is 0.450. The first-order valence-electron chi connectivity index (χ1n) is 17.8. The molecule has 0 aliphatic heterocycles. The van der Waals surface area contributed by atoms with E-state index in [0.717, 1.165) is 22.5 Å². The summed E-state index contributed by atoms with van der Waals surface area (Å²) in [6.07, 6.45) is 0.745. The summed E-state index contributed by atoms with van der Waals surface area (Å²) >= 11 is 5.10. The molecule has 8 N–H and O–H groups in total. The van der Waals surface area contributed by atoms with Gasteiger partial charge in [0.15, 0.2) is 16.7 Å². The number of halogens is 2. The Bertz CT molecular complexity index is 1870. The quantitative estimate of drug-likeness (QED) is 0.0578. The first kappa shape index (κ1) is 46.1. The van der Waals surface area contributed by atoms with E-state index in [1.54, 1.807) is 36.4 Å². The zero-order valence-electron chi connectivity index (χ0n) is 34.1. The maximum atomic E-state index is 13.1. The van der Waals surface area contributed by atoms with Gasteiger partial charge in [-0.05, 0) is 124 Å². The van der Waals surface area contributed by atoms with Crippen molar-refractivity contribution in [2.24, 2.45) is 21.6 Å². The largest absolute Gasteiger partial charge is 0.326 e. The smallest absolute Gasteiger partial charge is 0.227 e. The number of thiocarbonyl (C=S) groups is 1. The highest BCUT2D eigenvalue weighted by Crippen LogP contribution is 2.22. The molecule has 4 rings (SSSR count). The number of H-pyrrole nitrogens is 2. The topological polar surface area (TPSA) is 178 Å². The van der Waals surface area contributed by atoms with Gasteiger partial charge in [-0.2, -0.15) is 10.2 Å². The number of aliphatic imine (C=N–C) groups is 1. The van der Waals surface area contributed by atoms with E-state index in [9.17, 15) is 18.4 Å². The average molecular weight is 781 g/mol. The Morgan fingerprint density at radius 2 is 1.04 bits per heavy atom. The summed E-state index contributed by atoms with van der Waals surface area (Å²) in [5, 5.41) is 25.5. The van der Waals surface area contributed by atoms with Gasteiger partial charge in [-0.1, -0.05) is 41.5 Å². The lowest BCUT2D eigenvalue weighted by molar-refractivity contribution is -0.122. The van der Waals surface area contributed by atoms with Crippen molar-refractivity contribution in [3.8, 4) is 22.5 Å². The molecule has 15 heteroatoms. The van der Waals surface area contributed by atoms with E-state index in [2.05, 4.69) is 46.7 Å². The van der Waals surface area contributed by atoms with Crippen LogP contribution in [0, 0.1) is 22.5 Å². The van der Waals surface area contributed by atoms with Crippen molar-refractivity contribution in [1.82, 2.24) is 31.0 Å². The van der Waals surface area contributed by atoms with Crippen LogP contribution in [0.5, 0.6) is 0 Å². The molecule has 4 aromatic rings. The molecule has 0 unspecified atom stereocenters. The van der Waals surface area contributed by atoms with Gasteiger partial charge in [-0.15, -0.1) is 0 Å². The number of carbonyl (C=O) groups excluding carboxylic acids is 2. The number of rotatable bonds is 6. The SMILES string of the molecule is CC(C)(C)CC(=O)NC(=NC(C)(C)C)Nc1cc(-c2ccc(F)cc2)[nH]n1.CC(C)(C)CC(=O)NC(=S)Nc1cc(-c2ccc(F)cc2)[nH]n1.CC(C)(C)N. The fourth-order valence-corrected chi connectivity index (χ4v) is 4.55. The summed E-state index contributed by atoms with van der Waals surface area (Å²) in [6.45, 7) is 23.7. The van der Waals surface area contributed by atoms with Gasteiger partial charge in [0.25, 0.3) is 0 Å². The minimum atomic E-state index is -0.382. The molecule has 12 nitrogen and oxygen atoms in total. The molecule has 2 amide bonds. The molecule has 2 aromatic carbocycles. The number of hydrogen-bond donors (Lipinski definition) is 7. The van der Waals surface area contributed by atoms with Gasteiger partial charge in [0, 0.05) is 30.5 Å². The van der Waals surface area contributed by atoms with Gasteiger partial charge < -0.3 is 21.7 Å². The van der Waals surface area contributed by atoms with Crippen LogP contribution in [0.1, 0.15) is 95.9 Å². The predicted molar refractivity (Wildman–Crippen MR) is 223 cm³/mol. The van der Waals surface area contributed by atoms with Crippen molar-refractivity contribution in [2.75, 3.05) is 10.6 Å². The number of amides is 2. The highest BCUT2D eigenvalue weighted by Gasteiger charge is 2.20. The van der Waals surface area contributed by atoms with E-state index < -0.39 is 0 Å². The second kappa shape index (κ2) is 19.5. The van der Waals surface area contributed by atoms with Crippen LogP contribution in [0.4, 0.5) is 20.4 Å². The summed E-state index contributed by atoms with van der Waals surface area (Å²) < 4.78 is 26.0. The molecular weight excluding hydrogens is 723 g/mol. The van der Waals surface area contributed by atoms with E-state index in [0.29, 0.717) is 30.4 Å². The summed E-state index contributed by atoms with van der Waals surface area (Å²) in [6, 6.07) is 15.7. The van der Waals surface area contributed by atoms with Gasteiger partial charge in [0.05, 0.1) is 16.9 Å². The van der Waals surface area contributed by atoms with Gasteiger partial charge >= 0.3 is 0 Å². The Hall–Kier alpha value is -5.02. The van der Waals surface area contributed by atoms with E-state index in [-0.39, 0.29) is 50.5 Å². The maximum absolute atomic E-state index is 13.1. The second-order valence-corrected chi connectivity index (χ2v) is 17.9. The predicted octanol–water partition coefficient (Wildman–Crippen LogP) is 8.54. The highest BCUT2D eigenvalue weighted by atomic mass is 32.1. The molecule has 55 heavy (non-hydrogen) atoms. The van der Waals surface area contributed by atoms with Crippen molar-refractivity contribution >= 4 is 46.7 Å². The Morgan fingerprint density at radius 1 is 0.673 bits per heavy atom. The number of anilines is 2. The molecule has 0 atom stereocenters. The lowest BCUT2D eigenvalue weighted by Gasteiger charge is -2.20. The first-order valence-corrected chi connectivity index (χ1v) is 18.2. The van der Waals surface area contributed by atoms with Crippen LogP contribution in [0.15, 0.2) is 65.7 Å². The van der Waals surface area contributed by atoms with Gasteiger partial charge in [-0.3, -0.25) is 25.1 Å². The monoisotopic (exact) mass is 780 g/mol. The van der Waals surface area contributed by atoms with Crippen molar-refractivity contribution < 1.29 is 18.4 Å².